The van der Waals surface area contributed by atoms with Gasteiger partial charge in [0.05, 0.1) is 6.61 Å². The van der Waals surface area contributed by atoms with Gasteiger partial charge in [0.25, 0.3) is 0 Å². The van der Waals surface area contributed by atoms with E-state index in [4.69, 9.17) is 4.74 Å². The molecule has 0 aromatic heterocycles. The van der Waals surface area contributed by atoms with Gasteiger partial charge in [-0.2, -0.15) is 0 Å². The van der Waals surface area contributed by atoms with Crippen LogP contribution < -0.4 is 14.7 Å². The van der Waals surface area contributed by atoms with Gasteiger partial charge in [0.15, 0.2) is 0 Å². The van der Waals surface area contributed by atoms with Crippen molar-refractivity contribution in [2.45, 2.75) is 52.4 Å². The minimum atomic E-state index is -1.15. The molecule has 0 aliphatic rings. The Morgan fingerprint density at radius 3 is 2.24 bits per heavy atom. The largest absolute Gasteiger partial charge is 0.530 e. The van der Waals surface area contributed by atoms with Gasteiger partial charge >= 0.3 is 0 Å². The number of benzene rings is 1. The van der Waals surface area contributed by atoms with Crippen molar-refractivity contribution in [3.05, 3.63) is 24.3 Å². The van der Waals surface area contributed by atoms with Gasteiger partial charge in [-0.25, -0.2) is 0 Å². The summed E-state index contributed by atoms with van der Waals surface area (Å²) in [6.45, 7) is 5.19. The first kappa shape index (κ1) is 17.3. The van der Waals surface area contributed by atoms with Gasteiger partial charge < -0.3 is 19.5 Å². The molecule has 0 N–H and O–H groups in total. The number of unbranched alkanes of at least 4 members (excludes halogenated alkanes) is 5. The van der Waals surface area contributed by atoms with Crippen LogP contribution >= 0.6 is 0 Å². The maximum atomic E-state index is 11.3. The molecular formula is C17H26NO3-. The number of hydrogen-bond donors (Lipinski definition) is 0. The predicted molar refractivity (Wildman–Crippen MR) is 83.7 cm³/mol. The van der Waals surface area contributed by atoms with E-state index in [1.807, 2.05) is 6.92 Å². The van der Waals surface area contributed by atoms with Crippen molar-refractivity contribution in [1.29, 1.82) is 0 Å². The first-order chi connectivity index (χ1) is 10.2. The second-order valence-corrected chi connectivity index (χ2v) is 5.11. The molecule has 1 amide bonds. The Bertz CT molecular complexity index is 403. The Kier molecular flexibility index (Phi) is 8.32. The Morgan fingerprint density at radius 1 is 1.05 bits per heavy atom. The molecule has 0 unspecified atom stereocenters. The fourth-order valence-corrected chi connectivity index (χ4v) is 2.27. The van der Waals surface area contributed by atoms with E-state index in [0.29, 0.717) is 18.8 Å². The number of amides is 1. The second kappa shape index (κ2) is 10.1. The number of ether oxygens (including phenoxy) is 1. The third-order valence-electron chi connectivity index (χ3n) is 3.42. The summed E-state index contributed by atoms with van der Waals surface area (Å²) in [6, 6.07) is 7.10. The fourth-order valence-electron chi connectivity index (χ4n) is 2.27. The molecule has 0 bridgehead atoms. The molecule has 4 nitrogen and oxygen atoms in total. The standard InChI is InChI=1S/C17H27NO3/c1-3-5-6-7-8-9-14-18(17(19)20)15-10-12-16(13-11-15)21-4-2/h10-13H,3-9,14H2,1-2H3,(H,19,20)/p-1. The summed E-state index contributed by atoms with van der Waals surface area (Å²) in [7, 11) is 0. The lowest BCUT2D eigenvalue weighted by Gasteiger charge is -2.25. The van der Waals surface area contributed by atoms with Gasteiger partial charge in [-0.05, 0) is 37.6 Å². The van der Waals surface area contributed by atoms with Crippen LogP contribution in [0.1, 0.15) is 52.4 Å². The Hall–Kier alpha value is -1.71. The molecule has 0 heterocycles. The smallest absolute Gasteiger partial charge is 0.141 e. The molecule has 0 radical (unpaired) electrons. The van der Waals surface area contributed by atoms with E-state index in [0.717, 1.165) is 25.0 Å². The van der Waals surface area contributed by atoms with Gasteiger partial charge in [0.1, 0.15) is 11.8 Å². The Balaban J connectivity index is 2.47. The molecule has 0 fully saturated rings. The van der Waals surface area contributed by atoms with Crippen LogP contribution in [-0.4, -0.2) is 19.2 Å². The summed E-state index contributed by atoms with van der Waals surface area (Å²) >= 11 is 0. The van der Waals surface area contributed by atoms with Crippen LogP contribution in [0.5, 0.6) is 5.75 Å². The average molecular weight is 292 g/mol. The van der Waals surface area contributed by atoms with Crippen LogP contribution in [0, 0.1) is 0 Å². The van der Waals surface area contributed by atoms with E-state index in [-0.39, 0.29) is 0 Å². The lowest BCUT2D eigenvalue weighted by atomic mass is 10.1. The molecule has 0 saturated carbocycles. The Morgan fingerprint density at radius 2 is 1.67 bits per heavy atom. The highest BCUT2D eigenvalue weighted by molar-refractivity contribution is 5.84. The number of carbonyl (C=O) groups excluding carboxylic acids is 1. The maximum Gasteiger partial charge on any atom is 0.141 e. The number of carboxylic acid groups (broad SMARTS) is 1. The first-order valence-electron chi connectivity index (χ1n) is 7.90. The van der Waals surface area contributed by atoms with Crippen molar-refractivity contribution < 1.29 is 14.6 Å². The van der Waals surface area contributed by atoms with Crippen LogP contribution in [0.2, 0.25) is 0 Å². The summed E-state index contributed by atoms with van der Waals surface area (Å²) in [5.74, 6) is 0.749. The molecule has 0 aliphatic carbocycles. The topological polar surface area (TPSA) is 52.6 Å². The highest BCUT2D eigenvalue weighted by atomic mass is 16.5. The lowest BCUT2D eigenvalue weighted by Crippen LogP contribution is -2.41. The molecule has 118 valence electrons. The van der Waals surface area contributed by atoms with Crippen molar-refractivity contribution in [2.24, 2.45) is 0 Å². The first-order valence-corrected chi connectivity index (χ1v) is 7.90. The van der Waals surface area contributed by atoms with Crippen molar-refractivity contribution in [3.8, 4) is 5.75 Å². The minimum Gasteiger partial charge on any atom is -0.530 e. The predicted octanol–water partition coefficient (Wildman–Crippen LogP) is 3.60. The van der Waals surface area contributed by atoms with Crippen LogP contribution in [0.15, 0.2) is 24.3 Å². The monoisotopic (exact) mass is 292 g/mol. The number of carbonyl (C=O) groups is 1. The molecule has 4 heteroatoms. The second-order valence-electron chi connectivity index (χ2n) is 5.11. The zero-order chi connectivity index (χ0) is 15.5. The van der Waals surface area contributed by atoms with Gasteiger partial charge in [-0.15, -0.1) is 0 Å². The number of anilines is 1. The molecule has 0 atom stereocenters. The average Bonchev–Trinajstić information content (AvgIpc) is 2.48. The van der Waals surface area contributed by atoms with E-state index in [1.165, 1.54) is 24.2 Å². The quantitative estimate of drug-likeness (QED) is 0.619. The number of rotatable bonds is 10. The van der Waals surface area contributed by atoms with Crippen molar-refractivity contribution in [2.75, 3.05) is 18.1 Å². The third kappa shape index (κ3) is 6.52. The van der Waals surface area contributed by atoms with Crippen LogP contribution in [0.25, 0.3) is 0 Å². The number of nitrogens with zero attached hydrogens (tertiary/aromatic N) is 1. The molecule has 0 aliphatic heterocycles. The van der Waals surface area contributed by atoms with Gasteiger partial charge in [-0.3, -0.25) is 0 Å². The zero-order valence-electron chi connectivity index (χ0n) is 13.1. The minimum absolute atomic E-state index is 0.489. The fraction of sp³-hybridized carbons (Fsp3) is 0.588. The SMILES string of the molecule is CCCCCCCCN(C(=O)[O-])c1ccc(OCC)cc1. The molecule has 1 aromatic carbocycles. The van der Waals surface area contributed by atoms with E-state index in [1.54, 1.807) is 24.3 Å². The molecule has 21 heavy (non-hydrogen) atoms. The molecule has 0 saturated heterocycles. The lowest BCUT2D eigenvalue weighted by molar-refractivity contribution is -0.246. The maximum absolute atomic E-state index is 11.3. The van der Waals surface area contributed by atoms with Crippen molar-refractivity contribution in [3.63, 3.8) is 0 Å². The molecule has 1 rings (SSSR count). The highest BCUT2D eigenvalue weighted by Crippen LogP contribution is 2.20. The normalized spacial score (nSPS) is 10.4. The highest BCUT2D eigenvalue weighted by Gasteiger charge is 2.07. The van der Waals surface area contributed by atoms with Crippen molar-refractivity contribution >= 4 is 11.8 Å². The van der Waals surface area contributed by atoms with Gasteiger partial charge in [0.2, 0.25) is 0 Å². The van der Waals surface area contributed by atoms with Crippen molar-refractivity contribution in [1.82, 2.24) is 0 Å². The summed E-state index contributed by atoms with van der Waals surface area (Å²) in [6.07, 6.45) is 5.64. The summed E-state index contributed by atoms with van der Waals surface area (Å²) < 4.78 is 5.36. The van der Waals surface area contributed by atoms with Crippen LogP contribution in [0.3, 0.4) is 0 Å². The summed E-state index contributed by atoms with van der Waals surface area (Å²) in [5, 5.41) is 11.3. The summed E-state index contributed by atoms with van der Waals surface area (Å²) in [4.78, 5) is 12.6. The molecule has 1 aromatic rings. The van der Waals surface area contributed by atoms with Crippen LogP contribution in [-0.2, 0) is 0 Å². The van der Waals surface area contributed by atoms with Crippen LogP contribution in [0.4, 0.5) is 10.5 Å². The van der Waals surface area contributed by atoms with E-state index in [9.17, 15) is 9.90 Å². The molecular weight excluding hydrogens is 266 g/mol. The van der Waals surface area contributed by atoms with Gasteiger partial charge in [0, 0.05) is 12.2 Å². The van der Waals surface area contributed by atoms with E-state index >= 15 is 0 Å². The zero-order valence-corrected chi connectivity index (χ0v) is 13.1. The number of hydrogen-bond acceptors (Lipinski definition) is 3. The summed E-state index contributed by atoms with van der Waals surface area (Å²) in [5.41, 5.74) is 0.645. The Labute approximate surface area is 127 Å². The molecule has 0 spiro atoms. The van der Waals surface area contributed by atoms with E-state index in [2.05, 4.69) is 6.92 Å². The third-order valence-corrected chi connectivity index (χ3v) is 3.42. The van der Waals surface area contributed by atoms with E-state index < -0.39 is 6.09 Å². The van der Waals surface area contributed by atoms with Gasteiger partial charge in [-0.1, -0.05) is 39.0 Å².